The highest BCUT2D eigenvalue weighted by Gasteiger charge is 2.12. The Hall–Kier alpha value is -2.12. The van der Waals surface area contributed by atoms with E-state index in [1.165, 1.54) is 5.56 Å². The van der Waals surface area contributed by atoms with Gasteiger partial charge < -0.3 is 19.7 Å². The third kappa shape index (κ3) is 5.19. The first-order valence-electron chi connectivity index (χ1n) is 8.50. The minimum Gasteiger partial charge on any atom is -0.496 e. The maximum atomic E-state index is 5.33. The first kappa shape index (κ1) is 20.2. The summed E-state index contributed by atoms with van der Waals surface area (Å²) < 4.78 is 10.6. The van der Waals surface area contributed by atoms with Gasteiger partial charge in [0.2, 0.25) is 0 Å². The average molecular weight is 377 g/mol. The van der Waals surface area contributed by atoms with Crippen LogP contribution < -0.4 is 10.1 Å². The number of thiazole rings is 1. The van der Waals surface area contributed by atoms with E-state index in [9.17, 15) is 0 Å². The number of hydrogen-bond donors (Lipinski definition) is 1. The summed E-state index contributed by atoms with van der Waals surface area (Å²) in [5.74, 6) is 1.73. The van der Waals surface area contributed by atoms with Gasteiger partial charge >= 0.3 is 0 Å². The summed E-state index contributed by atoms with van der Waals surface area (Å²) in [6, 6.07) is 6.18. The molecular weight excluding hydrogens is 348 g/mol. The zero-order valence-electron chi connectivity index (χ0n) is 16.4. The average Bonchev–Trinajstić information content (AvgIpc) is 3.10. The van der Waals surface area contributed by atoms with Crippen LogP contribution in [0.2, 0.25) is 0 Å². The van der Waals surface area contributed by atoms with Crippen LogP contribution in [0.1, 0.15) is 34.9 Å². The van der Waals surface area contributed by atoms with Gasteiger partial charge in [-0.2, -0.15) is 0 Å². The summed E-state index contributed by atoms with van der Waals surface area (Å²) in [7, 11) is 7.18. The predicted octanol–water partition coefficient (Wildman–Crippen LogP) is 3.37. The van der Waals surface area contributed by atoms with Crippen molar-refractivity contribution in [2.24, 2.45) is 4.99 Å². The molecule has 0 saturated heterocycles. The Labute approximate surface area is 159 Å². The van der Waals surface area contributed by atoms with Crippen molar-refractivity contribution in [2.75, 3.05) is 28.3 Å². The highest BCUT2D eigenvalue weighted by molar-refractivity contribution is 7.09. The Morgan fingerprint density at radius 2 is 2.15 bits per heavy atom. The number of nitrogens with one attached hydrogen (secondary N) is 1. The fraction of sp³-hybridized carbons (Fsp3) is 0.474. The van der Waals surface area contributed by atoms with Crippen molar-refractivity contribution in [1.82, 2.24) is 15.2 Å². The maximum Gasteiger partial charge on any atom is 0.194 e. The summed E-state index contributed by atoms with van der Waals surface area (Å²) in [6.07, 6.45) is 0.0230. The van der Waals surface area contributed by atoms with Gasteiger partial charge in [-0.25, -0.2) is 4.98 Å². The van der Waals surface area contributed by atoms with Crippen LogP contribution in [0.15, 0.2) is 28.6 Å². The van der Waals surface area contributed by atoms with E-state index in [4.69, 9.17) is 9.47 Å². The number of methoxy groups -OCH3 is 2. The number of ether oxygens (including phenoxy) is 2. The molecule has 0 spiro atoms. The van der Waals surface area contributed by atoms with Crippen molar-refractivity contribution in [1.29, 1.82) is 0 Å². The fourth-order valence-corrected chi connectivity index (χ4v) is 3.46. The van der Waals surface area contributed by atoms with E-state index < -0.39 is 0 Å². The van der Waals surface area contributed by atoms with Crippen LogP contribution in [0.5, 0.6) is 5.75 Å². The van der Waals surface area contributed by atoms with Gasteiger partial charge in [0.15, 0.2) is 5.96 Å². The fourth-order valence-electron chi connectivity index (χ4n) is 2.62. The molecule has 0 amide bonds. The second-order valence-corrected chi connectivity index (χ2v) is 7.01. The summed E-state index contributed by atoms with van der Waals surface area (Å²) >= 11 is 1.62. The van der Waals surface area contributed by atoms with Gasteiger partial charge in [-0.15, -0.1) is 11.3 Å². The molecule has 1 heterocycles. The third-order valence-corrected chi connectivity index (χ3v) is 5.21. The van der Waals surface area contributed by atoms with E-state index >= 15 is 0 Å². The smallest absolute Gasteiger partial charge is 0.194 e. The number of aromatic nitrogens is 1. The topological polar surface area (TPSA) is 59.0 Å². The van der Waals surface area contributed by atoms with Crippen molar-refractivity contribution in [3.05, 3.63) is 45.4 Å². The number of guanidine groups is 1. The number of aliphatic imine (C=N–C) groups is 1. The van der Waals surface area contributed by atoms with Crippen LogP contribution in [0.4, 0.5) is 0 Å². The zero-order chi connectivity index (χ0) is 19.1. The van der Waals surface area contributed by atoms with Crippen molar-refractivity contribution in [3.63, 3.8) is 0 Å². The molecule has 1 atom stereocenters. The van der Waals surface area contributed by atoms with Gasteiger partial charge in [0.25, 0.3) is 0 Å². The maximum absolute atomic E-state index is 5.33. The molecule has 0 saturated carbocycles. The van der Waals surface area contributed by atoms with Gasteiger partial charge in [-0.1, -0.05) is 12.1 Å². The van der Waals surface area contributed by atoms with E-state index in [1.54, 1.807) is 32.6 Å². The van der Waals surface area contributed by atoms with E-state index in [0.717, 1.165) is 28.0 Å². The molecular formula is C19H28N4O2S. The Kier molecular flexibility index (Phi) is 7.41. The van der Waals surface area contributed by atoms with Gasteiger partial charge in [-0.05, 0) is 31.0 Å². The molecule has 7 heteroatoms. The summed E-state index contributed by atoms with van der Waals surface area (Å²) in [5.41, 5.74) is 3.32. The standard InChI is InChI=1S/C19H28N4O2S/c1-13-9-15(7-8-17(13)25-6)10-21-19(20-3)23(4)11-16-12-26-18(22-16)14(2)24-5/h7-9,12,14H,10-11H2,1-6H3,(H,20,21). The molecule has 2 rings (SSSR count). The molecule has 0 aliphatic carbocycles. The Balaban J connectivity index is 1.95. The van der Waals surface area contributed by atoms with Crippen LogP contribution in [0.3, 0.4) is 0 Å². The monoisotopic (exact) mass is 376 g/mol. The normalized spacial score (nSPS) is 12.8. The number of nitrogens with zero attached hydrogens (tertiary/aromatic N) is 3. The molecule has 6 nitrogen and oxygen atoms in total. The van der Waals surface area contributed by atoms with E-state index in [1.807, 2.05) is 27.0 Å². The minimum absolute atomic E-state index is 0.0230. The zero-order valence-corrected chi connectivity index (χ0v) is 17.2. The Bertz CT molecular complexity index is 745. The second kappa shape index (κ2) is 9.54. The molecule has 0 radical (unpaired) electrons. The number of hydrogen-bond acceptors (Lipinski definition) is 5. The van der Waals surface area contributed by atoms with Crippen LogP contribution in [0.25, 0.3) is 0 Å². The van der Waals surface area contributed by atoms with Gasteiger partial charge in [0.1, 0.15) is 16.9 Å². The van der Waals surface area contributed by atoms with Crippen molar-refractivity contribution < 1.29 is 9.47 Å². The minimum atomic E-state index is 0.0230. The van der Waals surface area contributed by atoms with Crippen LogP contribution >= 0.6 is 11.3 Å². The van der Waals surface area contributed by atoms with E-state index in [2.05, 4.69) is 37.7 Å². The lowest BCUT2D eigenvalue weighted by atomic mass is 10.1. The number of aryl methyl sites for hydroxylation is 1. The molecule has 0 aliphatic rings. The van der Waals surface area contributed by atoms with Crippen LogP contribution in [-0.4, -0.2) is 44.2 Å². The number of benzene rings is 1. The molecule has 1 aromatic heterocycles. The SMILES string of the molecule is CN=C(NCc1ccc(OC)c(C)c1)N(C)Cc1csc(C(C)OC)n1. The van der Waals surface area contributed by atoms with Crippen molar-refractivity contribution in [3.8, 4) is 5.75 Å². The quantitative estimate of drug-likeness (QED) is 0.593. The second-order valence-electron chi connectivity index (χ2n) is 6.12. The highest BCUT2D eigenvalue weighted by atomic mass is 32.1. The van der Waals surface area contributed by atoms with Crippen LogP contribution in [0, 0.1) is 6.92 Å². The molecule has 1 unspecified atom stereocenters. The lowest BCUT2D eigenvalue weighted by Gasteiger charge is -2.21. The Morgan fingerprint density at radius 3 is 2.77 bits per heavy atom. The summed E-state index contributed by atoms with van der Waals surface area (Å²) in [4.78, 5) is 11.1. The largest absolute Gasteiger partial charge is 0.496 e. The number of rotatable bonds is 7. The molecule has 142 valence electrons. The van der Waals surface area contributed by atoms with Crippen molar-refractivity contribution >= 4 is 17.3 Å². The van der Waals surface area contributed by atoms with Crippen LogP contribution in [-0.2, 0) is 17.8 Å². The summed E-state index contributed by atoms with van der Waals surface area (Å²) in [5, 5.41) is 6.46. The lowest BCUT2D eigenvalue weighted by molar-refractivity contribution is 0.119. The van der Waals surface area contributed by atoms with Gasteiger partial charge in [0.05, 0.1) is 19.3 Å². The van der Waals surface area contributed by atoms with E-state index in [-0.39, 0.29) is 6.10 Å². The molecule has 2 aromatic rings. The third-order valence-electron chi connectivity index (χ3n) is 4.15. The predicted molar refractivity (Wildman–Crippen MR) is 107 cm³/mol. The highest BCUT2D eigenvalue weighted by Crippen LogP contribution is 2.21. The van der Waals surface area contributed by atoms with Crippen molar-refractivity contribution in [2.45, 2.75) is 33.0 Å². The van der Waals surface area contributed by atoms with Gasteiger partial charge in [0, 0.05) is 33.1 Å². The van der Waals surface area contributed by atoms with E-state index in [0.29, 0.717) is 13.1 Å². The molecule has 26 heavy (non-hydrogen) atoms. The molecule has 0 fully saturated rings. The molecule has 0 aliphatic heterocycles. The van der Waals surface area contributed by atoms with Gasteiger partial charge in [-0.3, -0.25) is 4.99 Å². The summed E-state index contributed by atoms with van der Waals surface area (Å²) in [6.45, 7) is 5.44. The lowest BCUT2D eigenvalue weighted by Crippen LogP contribution is -2.38. The molecule has 0 bridgehead atoms. The molecule has 1 N–H and O–H groups in total. The Morgan fingerprint density at radius 1 is 1.38 bits per heavy atom. The first-order valence-corrected chi connectivity index (χ1v) is 9.38. The first-order chi connectivity index (χ1) is 12.5. The molecule has 1 aromatic carbocycles.